The van der Waals surface area contributed by atoms with E-state index in [2.05, 4.69) is 25.8 Å². The number of hydrogen-bond acceptors (Lipinski definition) is 3. The first kappa shape index (κ1) is 12.4. The van der Waals surface area contributed by atoms with Crippen molar-refractivity contribution in [2.24, 2.45) is 0 Å². The van der Waals surface area contributed by atoms with Crippen LogP contribution in [0.15, 0.2) is 12.1 Å². The number of Topliss-reactive ketones (excluding diaryl/α,β-unsaturated/α-hetero) is 1. The van der Waals surface area contributed by atoms with Gasteiger partial charge in [0.25, 0.3) is 0 Å². The second-order valence-electron chi connectivity index (χ2n) is 4.84. The third kappa shape index (κ3) is 2.66. The number of aryl methyl sites for hydroxylation is 1. The van der Waals surface area contributed by atoms with Crippen molar-refractivity contribution in [1.29, 1.82) is 5.26 Å². The Labute approximate surface area is 96.1 Å². The summed E-state index contributed by atoms with van der Waals surface area (Å²) < 4.78 is 0. The van der Waals surface area contributed by atoms with Crippen LogP contribution in [0.1, 0.15) is 48.9 Å². The summed E-state index contributed by atoms with van der Waals surface area (Å²) in [6.45, 7) is 8.03. The second kappa shape index (κ2) is 4.44. The number of carbonyl (C=O) groups is 1. The van der Waals surface area contributed by atoms with Gasteiger partial charge in [-0.25, -0.2) is 0 Å². The largest absolute Gasteiger partial charge is 0.293 e. The highest BCUT2D eigenvalue weighted by atomic mass is 16.1. The van der Waals surface area contributed by atoms with Crippen LogP contribution in [0, 0.1) is 18.3 Å². The van der Waals surface area contributed by atoms with Gasteiger partial charge in [-0.05, 0) is 19.1 Å². The van der Waals surface area contributed by atoms with E-state index in [1.807, 2.05) is 12.1 Å². The molecule has 0 amide bonds. The minimum Gasteiger partial charge on any atom is -0.293 e. The van der Waals surface area contributed by atoms with E-state index in [9.17, 15) is 4.79 Å². The summed E-state index contributed by atoms with van der Waals surface area (Å²) in [6, 6.07) is 5.49. The normalized spacial score (nSPS) is 10.9. The molecular formula is C13H16N2O. The van der Waals surface area contributed by atoms with Crippen molar-refractivity contribution in [3.8, 4) is 6.07 Å². The maximum Gasteiger partial charge on any atom is 0.178 e. The van der Waals surface area contributed by atoms with Crippen molar-refractivity contribution < 1.29 is 4.79 Å². The fraction of sp³-hybridized carbons (Fsp3) is 0.462. The molecule has 0 atom stereocenters. The van der Waals surface area contributed by atoms with E-state index in [-0.39, 0.29) is 17.6 Å². The lowest BCUT2D eigenvalue weighted by Crippen LogP contribution is -2.15. The summed E-state index contributed by atoms with van der Waals surface area (Å²) in [5, 5.41) is 8.48. The van der Waals surface area contributed by atoms with Gasteiger partial charge in [-0.2, -0.15) is 5.26 Å². The molecule has 0 aliphatic carbocycles. The standard InChI is InChI=1S/C13H16N2O/c1-9-10(11(16)7-8-14)5-6-12(15-9)13(2,3)4/h5-6H,7H2,1-4H3. The number of nitrogens with zero attached hydrogens (tertiary/aromatic N) is 2. The second-order valence-corrected chi connectivity index (χ2v) is 4.84. The molecule has 3 heteroatoms. The van der Waals surface area contributed by atoms with Crippen LogP contribution in [0.4, 0.5) is 0 Å². The number of aromatic nitrogens is 1. The highest BCUT2D eigenvalue weighted by Gasteiger charge is 2.17. The molecule has 16 heavy (non-hydrogen) atoms. The molecular weight excluding hydrogens is 200 g/mol. The molecule has 1 rings (SSSR count). The van der Waals surface area contributed by atoms with Gasteiger partial charge in [-0.1, -0.05) is 20.8 Å². The smallest absolute Gasteiger partial charge is 0.178 e. The van der Waals surface area contributed by atoms with E-state index >= 15 is 0 Å². The SMILES string of the molecule is Cc1nc(C(C)(C)C)ccc1C(=O)CC#N. The Morgan fingerprint density at radius 3 is 2.50 bits per heavy atom. The zero-order chi connectivity index (χ0) is 12.3. The average molecular weight is 216 g/mol. The molecule has 1 aromatic heterocycles. The molecule has 0 radical (unpaired) electrons. The van der Waals surface area contributed by atoms with Gasteiger partial charge in [0.2, 0.25) is 0 Å². The Hall–Kier alpha value is -1.69. The molecule has 0 saturated heterocycles. The van der Waals surface area contributed by atoms with E-state index in [0.29, 0.717) is 11.3 Å². The molecule has 84 valence electrons. The fourth-order valence-corrected chi connectivity index (χ4v) is 1.44. The lowest BCUT2D eigenvalue weighted by Gasteiger charge is -2.18. The molecule has 3 nitrogen and oxygen atoms in total. The number of ketones is 1. The molecule has 0 aliphatic heterocycles. The van der Waals surface area contributed by atoms with Crippen LogP contribution in [0.5, 0.6) is 0 Å². The lowest BCUT2D eigenvalue weighted by molar-refractivity contribution is 0.0996. The van der Waals surface area contributed by atoms with Crippen LogP contribution in [-0.2, 0) is 5.41 Å². The summed E-state index contributed by atoms with van der Waals surface area (Å²) in [5.74, 6) is -0.159. The summed E-state index contributed by atoms with van der Waals surface area (Å²) in [5.41, 5.74) is 2.18. The van der Waals surface area contributed by atoms with Crippen LogP contribution in [0.25, 0.3) is 0 Å². The van der Waals surface area contributed by atoms with E-state index in [0.717, 1.165) is 5.69 Å². The highest BCUT2D eigenvalue weighted by molar-refractivity contribution is 5.98. The molecule has 0 aliphatic rings. The molecule has 0 unspecified atom stereocenters. The molecule has 0 N–H and O–H groups in total. The average Bonchev–Trinajstić information content (AvgIpc) is 2.16. The van der Waals surface area contributed by atoms with Crippen LogP contribution in [0.2, 0.25) is 0 Å². The van der Waals surface area contributed by atoms with Gasteiger partial charge in [0, 0.05) is 22.4 Å². The van der Waals surface area contributed by atoms with Crippen LogP contribution in [0.3, 0.4) is 0 Å². The van der Waals surface area contributed by atoms with Gasteiger partial charge in [-0.15, -0.1) is 0 Å². The highest BCUT2D eigenvalue weighted by Crippen LogP contribution is 2.21. The molecule has 0 saturated carbocycles. The van der Waals surface area contributed by atoms with Gasteiger partial charge in [-0.3, -0.25) is 9.78 Å². The Morgan fingerprint density at radius 2 is 2.06 bits per heavy atom. The Kier molecular flexibility index (Phi) is 3.44. The maximum atomic E-state index is 11.6. The molecule has 0 spiro atoms. The van der Waals surface area contributed by atoms with Crippen LogP contribution in [-0.4, -0.2) is 10.8 Å². The predicted molar refractivity (Wildman–Crippen MR) is 62.2 cm³/mol. The van der Waals surface area contributed by atoms with Crippen molar-refractivity contribution in [2.75, 3.05) is 0 Å². The van der Waals surface area contributed by atoms with E-state index in [4.69, 9.17) is 5.26 Å². The Balaban J connectivity index is 3.11. The van der Waals surface area contributed by atoms with Crippen molar-refractivity contribution in [1.82, 2.24) is 4.98 Å². The number of hydrogen-bond donors (Lipinski definition) is 0. The van der Waals surface area contributed by atoms with E-state index in [1.165, 1.54) is 0 Å². The van der Waals surface area contributed by atoms with Gasteiger partial charge in [0.1, 0.15) is 0 Å². The van der Waals surface area contributed by atoms with Crippen molar-refractivity contribution in [3.63, 3.8) is 0 Å². The first-order valence-electron chi connectivity index (χ1n) is 5.24. The van der Waals surface area contributed by atoms with Gasteiger partial charge < -0.3 is 0 Å². The summed E-state index contributed by atoms with van der Waals surface area (Å²) in [6.07, 6.45) is -0.0859. The summed E-state index contributed by atoms with van der Waals surface area (Å²) >= 11 is 0. The summed E-state index contributed by atoms with van der Waals surface area (Å²) in [4.78, 5) is 16.0. The van der Waals surface area contributed by atoms with Crippen LogP contribution < -0.4 is 0 Å². The third-order valence-electron chi connectivity index (χ3n) is 2.39. The number of carbonyl (C=O) groups excluding carboxylic acids is 1. The molecule has 1 heterocycles. The molecule has 1 aromatic rings. The zero-order valence-electron chi connectivity index (χ0n) is 10.2. The maximum absolute atomic E-state index is 11.6. The lowest BCUT2D eigenvalue weighted by atomic mass is 9.90. The first-order chi connectivity index (χ1) is 7.36. The Morgan fingerprint density at radius 1 is 1.44 bits per heavy atom. The number of rotatable bonds is 2. The van der Waals surface area contributed by atoms with Crippen LogP contribution >= 0.6 is 0 Å². The third-order valence-corrected chi connectivity index (χ3v) is 2.39. The van der Waals surface area contributed by atoms with Crippen molar-refractivity contribution >= 4 is 5.78 Å². The molecule has 0 fully saturated rings. The summed E-state index contributed by atoms with van der Waals surface area (Å²) in [7, 11) is 0. The van der Waals surface area contributed by atoms with Gasteiger partial charge >= 0.3 is 0 Å². The van der Waals surface area contributed by atoms with E-state index in [1.54, 1.807) is 13.0 Å². The number of pyridine rings is 1. The monoisotopic (exact) mass is 216 g/mol. The quantitative estimate of drug-likeness (QED) is 0.714. The number of nitriles is 1. The minimum absolute atomic E-state index is 0.0262. The van der Waals surface area contributed by atoms with Crippen molar-refractivity contribution in [2.45, 2.75) is 39.5 Å². The molecule has 0 aromatic carbocycles. The predicted octanol–water partition coefficient (Wildman–Crippen LogP) is 2.78. The van der Waals surface area contributed by atoms with Gasteiger partial charge in [0.05, 0.1) is 12.5 Å². The zero-order valence-corrected chi connectivity index (χ0v) is 10.2. The molecule has 0 bridgehead atoms. The van der Waals surface area contributed by atoms with Gasteiger partial charge in [0.15, 0.2) is 5.78 Å². The fourth-order valence-electron chi connectivity index (χ4n) is 1.44. The topological polar surface area (TPSA) is 53.8 Å². The van der Waals surface area contributed by atoms with E-state index < -0.39 is 0 Å². The van der Waals surface area contributed by atoms with Crippen molar-refractivity contribution in [3.05, 3.63) is 29.1 Å². The first-order valence-corrected chi connectivity index (χ1v) is 5.24. The Bertz CT molecular complexity index is 450. The minimum atomic E-state index is -0.159.